The minimum Gasteiger partial charge on any atom is -0.271 e. The Kier molecular flexibility index (Phi) is 4.76. The molecule has 0 radical (unpaired) electrons. The monoisotopic (exact) mass is 373 g/mol. The number of rotatable bonds is 5. The van der Waals surface area contributed by atoms with Crippen molar-refractivity contribution in [2.75, 3.05) is 21.3 Å². The number of nitrogens with one attached hydrogen (secondary N) is 2. The fourth-order valence-electron chi connectivity index (χ4n) is 3.24. The van der Waals surface area contributed by atoms with Crippen molar-refractivity contribution in [2.24, 2.45) is 0 Å². The van der Waals surface area contributed by atoms with E-state index >= 15 is 0 Å². The van der Waals surface area contributed by atoms with Crippen LogP contribution in [-0.2, 0) is 20.2 Å². The number of sulfonamides is 1. The molecule has 3 rings (SSSR count). The summed E-state index contributed by atoms with van der Waals surface area (Å²) in [4.78, 5) is 0. The Morgan fingerprint density at radius 2 is 1.88 bits per heavy atom. The van der Waals surface area contributed by atoms with Crippen LogP contribution in [0.5, 0.6) is 0 Å². The van der Waals surface area contributed by atoms with Gasteiger partial charge in [-0.15, -0.1) is 0 Å². The molecule has 1 aromatic rings. The van der Waals surface area contributed by atoms with Crippen molar-refractivity contribution in [2.45, 2.75) is 45.1 Å². The average molecular weight is 374 g/mol. The van der Waals surface area contributed by atoms with Crippen LogP contribution in [0.3, 0.4) is 0 Å². The minimum absolute atomic E-state index is 0.0232. The largest absolute Gasteiger partial charge is 0.299 e. The molecular formula is C15H23N3O4S2. The topological polar surface area (TPSA) is 95.6 Å². The molecule has 9 heteroatoms. The summed E-state index contributed by atoms with van der Waals surface area (Å²) in [7, 11) is -6.97. The molecule has 1 heterocycles. The molecule has 0 bridgehead atoms. The average Bonchev–Trinajstić information content (AvgIpc) is 3.09. The Morgan fingerprint density at radius 1 is 1.17 bits per heavy atom. The fourth-order valence-corrected chi connectivity index (χ4v) is 6.04. The highest BCUT2D eigenvalue weighted by molar-refractivity contribution is 7.93. The van der Waals surface area contributed by atoms with E-state index in [4.69, 9.17) is 0 Å². The molecule has 0 aromatic heterocycles. The van der Waals surface area contributed by atoms with Crippen molar-refractivity contribution in [3.63, 3.8) is 0 Å². The quantitative estimate of drug-likeness (QED) is 0.821. The van der Waals surface area contributed by atoms with Gasteiger partial charge in [0.15, 0.2) is 0 Å². The van der Waals surface area contributed by atoms with Crippen molar-refractivity contribution >= 4 is 31.6 Å². The van der Waals surface area contributed by atoms with Crippen LogP contribution < -0.4 is 13.7 Å². The maximum Gasteiger partial charge on any atom is 0.299 e. The van der Waals surface area contributed by atoms with Crippen LogP contribution in [0.25, 0.3) is 0 Å². The Morgan fingerprint density at radius 3 is 2.50 bits per heavy atom. The second-order valence-electron chi connectivity index (χ2n) is 6.45. The third-order valence-electron chi connectivity index (χ3n) is 4.53. The van der Waals surface area contributed by atoms with E-state index in [1.54, 1.807) is 25.1 Å². The molecule has 0 atom stereocenters. The molecule has 0 amide bonds. The summed E-state index contributed by atoms with van der Waals surface area (Å²) in [5.74, 6) is 0.130. The summed E-state index contributed by atoms with van der Waals surface area (Å²) >= 11 is 0. The summed E-state index contributed by atoms with van der Waals surface area (Å²) in [6, 6.07) is 5.01. The van der Waals surface area contributed by atoms with E-state index in [1.807, 2.05) is 0 Å². The first kappa shape index (κ1) is 17.5. The Bertz CT molecular complexity index is 815. The van der Waals surface area contributed by atoms with Gasteiger partial charge in [0.1, 0.15) is 0 Å². The van der Waals surface area contributed by atoms with Gasteiger partial charge in [-0.3, -0.25) is 9.03 Å². The molecule has 7 nitrogen and oxygen atoms in total. The van der Waals surface area contributed by atoms with Crippen LogP contribution in [-0.4, -0.2) is 35.2 Å². The zero-order valence-corrected chi connectivity index (χ0v) is 15.3. The highest BCUT2D eigenvalue weighted by Crippen LogP contribution is 2.29. The van der Waals surface area contributed by atoms with Gasteiger partial charge in [0.05, 0.1) is 17.1 Å². The third kappa shape index (κ3) is 3.84. The molecule has 2 N–H and O–H groups in total. The van der Waals surface area contributed by atoms with Gasteiger partial charge < -0.3 is 0 Å². The van der Waals surface area contributed by atoms with Crippen LogP contribution in [0.4, 0.5) is 11.4 Å². The number of benzene rings is 1. The van der Waals surface area contributed by atoms with Gasteiger partial charge in [-0.2, -0.15) is 13.1 Å². The molecule has 2 fully saturated rings. The first-order valence-corrected chi connectivity index (χ1v) is 11.3. The van der Waals surface area contributed by atoms with E-state index in [-0.39, 0.29) is 11.8 Å². The molecule has 1 saturated carbocycles. The van der Waals surface area contributed by atoms with Crippen LogP contribution in [0.2, 0.25) is 0 Å². The first-order valence-electron chi connectivity index (χ1n) is 8.18. The van der Waals surface area contributed by atoms with Gasteiger partial charge in [0.2, 0.25) is 10.0 Å². The first-order chi connectivity index (χ1) is 11.3. The van der Waals surface area contributed by atoms with Gasteiger partial charge in [-0.25, -0.2) is 8.42 Å². The maximum absolute atomic E-state index is 12.3. The Hall–Kier alpha value is -1.32. The van der Waals surface area contributed by atoms with Gasteiger partial charge in [0, 0.05) is 12.6 Å². The zero-order chi connectivity index (χ0) is 17.4. The van der Waals surface area contributed by atoms with Crippen LogP contribution in [0, 0.1) is 6.92 Å². The van der Waals surface area contributed by atoms with Gasteiger partial charge in [-0.05, 0) is 43.9 Å². The predicted octanol–water partition coefficient (Wildman–Crippen LogP) is 1.72. The molecule has 2 aliphatic rings. The lowest BCUT2D eigenvalue weighted by Gasteiger charge is -2.20. The molecular weight excluding hydrogens is 350 g/mol. The molecule has 1 aliphatic heterocycles. The predicted molar refractivity (Wildman–Crippen MR) is 94.9 cm³/mol. The van der Waals surface area contributed by atoms with Crippen LogP contribution in [0.15, 0.2) is 18.2 Å². The lowest BCUT2D eigenvalue weighted by atomic mass is 10.2. The molecule has 1 aromatic carbocycles. The van der Waals surface area contributed by atoms with Crippen molar-refractivity contribution < 1.29 is 16.8 Å². The van der Waals surface area contributed by atoms with E-state index in [1.165, 1.54) is 4.31 Å². The van der Waals surface area contributed by atoms with Crippen molar-refractivity contribution in [3.8, 4) is 0 Å². The van der Waals surface area contributed by atoms with Gasteiger partial charge in [-0.1, -0.05) is 18.9 Å². The molecule has 0 spiro atoms. The summed E-state index contributed by atoms with van der Waals surface area (Å²) in [5.41, 5.74) is 1.64. The number of anilines is 2. The zero-order valence-electron chi connectivity index (χ0n) is 13.7. The summed E-state index contributed by atoms with van der Waals surface area (Å²) in [6.45, 7) is 2.22. The second kappa shape index (κ2) is 6.53. The van der Waals surface area contributed by atoms with Crippen molar-refractivity contribution in [3.05, 3.63) is 23.8 Å². The molecule has 1 saturated heterocycles. The molecule has 0 unspecified atom stereocenters. The second-order valence-corrected chi connectivity index (χ2v) is 9.91. The highest BCUT2D eigenvalue weighted by Gasteiger charge is 2.29. The standard InChI is InChI=1S/C15H23N3O4S2/c1-12-7-8-14(18-9-4-10-23(18,19)20)11-15(12)17-24(21,22)16-13-5-2-3-6-13/h7-8,11,13,16-17H,2-6,9-10H2,1H3. The number of hydrogen-bond acceptors (Lipinski definition) is 4. The third-order valence-corrected chi connectivity index (χ3v) is 7.53. The minimum atomic E-state index is -3.68. The van der Waals surface area contributed by atoms with E-state index < -0.39 is 20.2 Å². The summed E-state index contributed by atoms with van der Waals surface area (Å²) in [6.07, 6.45) is 4.36. The summed E-state index contributed by atoms with van der Waals surface area (Å²) < 4.78 is 55.3. The molecule has 1 aliphatic carbocycles. The molecule has 134 valence electrons. The lowest BCUT2D eigenvalue weighted by Crippen LogP contribution is -2.37. The van der Waals surface area contributed by atoms with E-state index in [2.05, 4.69) is 9.44 Å². The fraction of sp³-hybridized carbons (Fsp3) is 0.600. The van der Waals surface area contributed by atoms with Crippen LogP contribution >= 0.6 is 0 Å². The van der Waals surface area contributed by atoms with E-state index in [0.717, 1.165) is 31.2 Å². The number of nitrogens with zero attached hydrogens (tertiary/aromatic N) is 1. The van der Waals surface area contributed by atoms with Crippen molar-refractivity contribution in [1.29, 1.82) is 0 Å². The van der Waals surface area contributed by atoms with Crippen LogP contribution in [0.1, 0.15) is 37.7 Å². The van der Waals surface area contributed by atoms with Gasteiger partial charge in [0.25, 0.3) is 10.2 Å². The maximum atomic E-state index is 12.3. The normalized spacial score (nSPS) is 21.3. The Labute approximate surface area is 143 Å². The number of aryl methyl sites for hydroxylation is 1. The van der Waals surface area contributed by atoms with Crippen molar-refractivity contribution in [1.82, 2.24) is 4.72 Å². The molecule has 24 heavy (non-hydrogen) atoms. The SMILES string of the molecule is Cc1ccc(N2CCCS2(=O)=O)cc1NS(=O)(=O)NC1CCCC1. The number of hydrogen-bond donors (Lipinski definition) is 2. The Balaban J connectivity index is 1.81. The highest BCUT2D eigenvalue weighted by atomic mass is 32.2. The smallest absolute Gasteiger partial charge is 0.271 e. The summed E-state index contributed by atoms with van der Waals surface area (Å²) in [5, 5.41) is 0. The van der Waals surface area contributed by atoms with E-state index in [0.29, 0.717) is 24.3 Å². The van der Waals surface area contributed by atoms with Gasteiger partial charge >= 0.3 is 0 Å². The lowest BCUT2D eigenvalue weighted by molar-refractivity contribution is 0.557. The van der Waals surface area contributed by atoms with E-state index in [9.17, 15) is 16.8 Å².